The Labute approximate surface area is 95.8 Å². The maximum atomic E-state index is 5.97. The van der Waals surface area contributed by atoms with Crippen molar-refractivity contribution in [3.63, 3.8) is 0 Å². The third-order valence-corrected chi connectivity index (χ3v) is 3.41. The maximum Gasteiger partial charge on any atom is 0.185 e. The summed E-state index contributed by atoms with van der Waals surface area (Å²) in [7, 11) is 0. The highest BCUT2D eigenvalue weighted by atomic mass is 16.7. The van der Waals surface area contributed by atoms with Crippen molar-refractivity contribution in [2.24, 2.45) is 0 Å². The van der Waals surface area contributed by atoms with Crippen LogP contribution in [0.5, 0.6) is 0 Å². The fraction of sp³-hybridized carbons (Fsp3) is 0.538. The third kappa shape index (κ3) is 1.75. The molecule has 0 aliphatic carbocycles. The van der Waals surface area contributed by atoms with E-state index < -0.39 is 0 Å². The second kappa shape index (κ2) is 4.17. The van der Waals surface area contributed by atoms with Gasteiger partial charge in [-0.05, 0) is 25.5 Å². The van der Waals surface area contributed by atoms with E-state index in [1.807, 2.05) is 12.1 Å². The summed E-state index contributed by atoms with van der Waals surface area (Å²) in [5, 5.41) is 3.34. The summed E-state index contributed by atoms with van der Waals surface area (Å²) in [5.74, 6) is 0. The van der Waals surface area contributed by atoms with Gasteiger partial charge in [0.2, 0.25) is 0 Å². The van der Waals surface area contributed by atoms with Crippen molar-refractivity contribution in [2.75, 3.05) is 13.1 Å². The number of hydrogen-bond acceptors (Lipinski definition) is 3. The normalized spacial score (nSPS) is 33.7. The minimum atomic E-state index is -0.170. The Kier molecular flexibility index (Phi) is 2.67. The number of piperidine rings is 1. The molecule has 3 atom stereocenters. The predicted molar refractivity (Wildman–Crippen MR) is 61.2 cm³/mol. The number of benzene rings is 1. The monoisotopic (exact) mass is 219 g/mol. The molecule has 3 nitrogen and oxygen atoms in total. The molecule has 2 aliphatic rings. The van der Waals surface area contributed by atoms with Crippen molar-refractivity contribution >= 4 is 0 Å². The summed E-state index contributed by atoms with van der Waals surface area (Å²) in [5.41, 5.74) is 2.40. The predicted octanol–water partition coefficient (Wildman–Crippen LogP) is 1.77. The SMILES string of the molecule is Cc1ccccc1C1OC2CCNCC2O1. The molecule has 0 amide bonds. The highest BCUT2D eigenvalue weighted by Crippen LogP contribution is 2.34. The number of fused-ring (bicyclic) bond motifs is 1. The van der Waals surface area contributed by atoms with Crippen molar-refractivity contribution in [3.8, 4) is 0 Å². The van der Waals surface area contributed by atoms with Crippen LogP contribution in [0.15, 0.2) is 24.3 Å². The molecule has 3 unspecified atom stereocenters. The van der Waals surface area contributed by atoms with Gasteiger partial charge in [0.15, 0.2) is 6.29 Å². The molecule has 0 saturated carbocycles. The molecule has 3 rings (SSSR count). The smallest absolute Gasteiger partial charge is 0.185 e. The van der Waals surface area contributed by atoms with Crippen LogP contribution in [-0.2, 0) is 9.47 Å². The van der Waals surface area contributed by atoms with Gasteiger partial charge < -0.3 is 14.8 Å². The van der Waals surface area contributed by atoms with E-state index in [1.54, 1.807) is 0 Å². The maximum absolute atomic E-state index is 5.97. The molecule has 2 heterocycles. The molecule has 1 aromatic carbocycles. The van der Waals surface area contributed by atoms with E-state index in [0.29, 0.717) is 0 Å². The minimum absolute atomic E-state index is 0.170. The molecular weight excluding hydrogens is 202 g/mol. The van der Waals surface area contributed by atoms with E-state index in [2.05, 4.69) is 24.4 Å². The summed E-state index contributed by atoms with van der Waals surface area (Å²) >= 11 is 0. The standard InChI is InChI=1S/C13H17NO2/c1-9-4-2-3-5-10(9)13-15-11-6-7-14-8-12(11)16-13/h2-5,11-14H,6-8H2,1H3. The second-order valence-corrected chi connectivity index (χ2v) is 4.53. The van der Waals surface area contributed by atoms with Crippen LogP contribution in [0.25, 0.3) is 0 Å². The van der Waals surface area contributed by atoms with Crippen molar-refractivity contribution < 1.29 is 9.47 Å². The van der Waals surface area contributed by atoms with Crippen LogP contribution in [0.3, 0.4) is 0 Å². The number of ether oxygens (including phenoxy) is 2. The van der Waals surface area contributed by atoms with E-state index in [0.717, 1.165) is 25.1 Å². The molecule has 2 fully saturated rings. The third-order valence-electron chi connectivity index (χ3n) is 3.41. The van der Waals surface area contributed by atoms with Crippen molar-refractivity contribution in [1.82, 2.24) is 5.32 Å². The lowest BCUT2D eigenvalue weighted by molar-refractivity contribution is -0.0672. The van der Waals surface area contributed by atoms with Crippen LogP contribution < -0.4 is 5.32 Å². The van der Waals surface area contributed by atoms with Gasteiger partial charge >= 0.3 is 0 Å². The molecule has 0 radical (unpaired) electrons. The van der Waals surface area contributed by atoms with Gasteiger partial charge in [-0.3, -0.25) is 0 Å². The van der Waals surface area contributed by atoms with Gasteiger partial charge in [0, 0.05) is 12.1 Å². The summed E-state index contributed by atoms with van der Waals surface area (Å²) in [6, 6.07) is 8.27. The Morgan fingerprint density at radius 1 is 1.19 bits per heavy atom. The molecule has 0 bridgehead atoms. The zero-order valence-corrected chi connectivity index (χ0v) is 9.48. The van der Waals surface area contributed by atoms with E-state index in [-0.39, 0.29) is 18.5 Å². The Balaban J connectivity index is 1.80. The van der Waals surface area contributed by atoms with Gasteiger partial charge in [-0.25, -0.2) is 0 Å². The average Bonchev–Trinajstić information content (AvgIpc) is 2.73. The van der Waals surface area contributed by atoms with Gasteiger partial charge in [0.05, 0.1) is 12.2 Å². The van der Waals surface area contributed by atoms with Crippen molar-refractivity contribution in [1.29, 1.82) is 0 Å². The summed E-state index contributed by atoms with van der Waals surface area (Å²) in [6.45, 7) is 4.04. The van der Waals surface area contributed by atoms with Crippen molar-refractivity contribution in [3.05, 3.63) is 35.4 Å². The van der Waals surface area contributed by atoms with Crippen LogP contribution in [-0.4, -0.2) is 25.3 Å². The first-order chi connectivity index (χ1) is 7.84. The van der Waals surface area contributed by atoms with E-state index in [9.17, 15) is 0 Å². The molecule has 0 aromatic heterocycles. The Morgan fingerprint density at radius 3 is 2.81 bits per heavy atom. The zero-order valence-electron chi connectivity index (χ0n) is 9.48. The van der Waals surface area contributed by atoms with Gasteiger partial charge in [-0.2, -0.15) is 0 Å². The lowest BCUT2D eigenvalue weighted by atomic mass is 10.1. The number of aryl methyl sites for hydroxylation is 1. The van der Waals surface area contributed by atoms with Gasteiger partial charge in [0.1, 0.15) is 0 Å². The van der Waals surface area contributed by atoms with E-state index in [4.69, 9.17) is 9.47 Å². The topological polar surface area (TPSA) is 30.5 Å². The first-order valence-electron chi connectivity index (χ1n) is 5.92. The van der Waals surface area contributed by atoms with E-state index in [1.165, 1.54) is 5.56 Å². The second-order valence-electron chi connectivity index (χ2n) is 4.53. The molecule has 16 heavy (non-hydrogen) atoms. The summed E-state index contributed by atoms with van der Waals surface area (Å²) < 4.78 is 11.9. The average molecular weight is 219 g/mol. The summed E-state index contributed by atoms with van der Waals surface area (Å²) in [4.78, 5) is 0. The Bertz CT molecular complexity index is 366. The molecule has 1 N–H and O–H groups in total. The molecule has 3 heteroatoms. The van der Waals surface area contributed by atoms with Crippen LogP contribution in [0.2, 0.25) is 0 Å². The van der Waals surface area contributed by atoms with Crippen molar-refractivity contribution in [2.45, 2.75) is 31.8 Å². The lowest BCUT2D eigenvalue weighted by Crippen LogP contribution is -2.41. The number of hydrogen-bond donors (Lipinski definition) is 1. The highest BCUT2D eigenvalue weighted by molar-refractivity contribution is 5.27. The van der Waals surface area contributed by atoms with Gasteiger partial charge in [0.25, 0.3) is 0 Å². The molecule has 0 spiro atoms. The number of rotatable bonds is 1. The fourth-order valence-corrected chi connectivity index (χ4v) is 2.44. The first kappa shape index (κ1) is 10.3. The number of nitrogens with one attached hydrogen (secondary N) is 1. The minimum Gasteiger partial charge on any atom is -0.342 e. The van der Waals surface area contributed by atoms with Crippen LogP contribution >= 0.6 is 0 Å². The first-order valence-corrected chi connectivity index (χ1v) is 5.92. The molecular formula is C13H17NO2. The van der Waals surface area contributed by atoms with Gasteiger partial charge in [-0.15, -0.1) is 0 Å². The molecule has 1 aromatic rings. The quantitative estimate of drug-likeness (QED) is 0.781. The molecule has 2 aliphatic heterocycles. The molecule has 2 saturated heterocycles. The largest absolute Gasteiger partial charge is 0.342 e. The Morgan fingerprint density at radius 2 is 2.00 bits per heavy atom. The van der Waals surface area contributed by atoms with Crippen LogP contribution in [0.1, 0.15) is 23.8 Å². The van der Waals surface area contributed by atoms with E-state index >= 15 is 0 Å². The van der Waals surface area contributed by atoms with Crippen LogP contribution in [0, 0.1) is 6.92 Å². The van der Waals surface area contributed by atoms with Crippen LogP contribution in [0.4, 0.5) is 0 Å². The zero-order chi connectivity index (χ0) is 11.0. The lowest BCUT2D eigenvalue weighted by Gasteiger charge is -2.22. The Hall–Kier alpha value is -0.900. The van der Waals surface area contributed by atoms with Gasteiger partial charge in [-0.1, -0.05) is 24.3 Å². The highest BCUT2D eigenvalue weighted by Gasteiger charge is 2.38. The summed E-state index contributed by atoms with van der Waals surface area (Å²) in [6.07, 6.45) is 1.37. The molecule has 86 valence electrons. The fourth-order valence-electron chi connectivity index (χ4n) is 2.44.